The van der Waals surface area contributed by atoms with Gasteiger partial charge in [0.2, 0.25) is 0 Å². The lowest BCUT2D eigenvalue weighted by Crippen LogP contribution is -2.00. The number of rotatable bonds is 3. The highest BCUT2D eigenvalue weighted by molar-refractivity contribution is 5.80. The molecule has 0 radical (unpaired) electrons. The maximum Gasteiger partial charge on any atom is 0.152 e. The van der Waals surface area contributed by atoms with Crippen LogP contribution in [0.1, 0.15) is 39.8 Å². The molecule has 0 fully saturated rings. The van der Waals surface area contributed by atoms with E-state index in [9.17, 15) is 4.79 Å². The predicted octanol–water partition coefficient (Wildman–Crippen LogP) is 3.78. The molecule has 0 aliphatic rings. The van der Waals surface area contributed by atoms with E-state index in [1.807, 2.05) is 6.92 Å². The zero-order chi connectivity index (χ0) is 13.3. The third-order valence-corrected chi connectivity index (χ3v) is 3.55. The molecule has 0 saturated carbocycles. The van der Waals surface area contributed by atoms with Crippen LogP contribution in [0, 0.1) is 20.8 Å². The molecule has 0 N–H and O–H groups in total. The first kappa shape index (κ1) is 12.6. The average molecular weight is 241 g/mol. The fourth-order valence-electron chi connectivity index (χ4n) is 2.68. The lowest BCUT2D eigenvalue weighted by Gasteiger charge is -2.10. The Hall–Kier alpha value is -1.83. The molecule has 2 rings (SSSR count). The Balaban J connectivity index is 2.72. The second-order valence-corrected chi connectivity index (χ2v) is 4.71. The van der Waals surface area contributed by atoms with E-state index < -0.39 is 0 Å². The zero-order valence-corrected chi connectivity index (χ0v) is 11.4. The predicted molar refractivity (Wildman–Crippen MR) is 74.7 cm³/mol. The van der Waals surface area contributed by atoms with Crippen molar-refractivity contribution in [3.8, 4) is 5.69 Å². The van der Waals surface area contributed by atoms with Crippen LogP contribution in [-0.2, 0) is 6.42 Å². The van der Waals surface area contributed by atoms with Crippen molar-refractivity contribution in [1.82, 2.24) is 4.57 Å². The van der Waals surface area contributed by atoms with E-state index in [0.29, 0.717) is 0 Å². The summed E-state index contributed by atoms with van der Waals surface area (Å²) in [6.45, 7) is 8.27. The third-order valence-electron chi connectivity index (χ3n) is 3.55. The summed E-state index contributed by atoms with van der Waals surface area (Å²) in [5.74, 6) is 0. The van der Waals surface area contributed by atoms with E-state index in [1.165, 1.54) is 11.3 Å². The van der Waals surface area contributed by atoms with Crippen LogP contribution in [0.2, 0.25) is 0 Å². The van der Waals surface area contributed by atoms with Gasteiger partial charge >= 0.3 is 0 Å². The number of carbonyl (C=O) groups is 1. The molecule has 0 amide bonds. The number of benzene rings is 1. The van der Waals surface area contributed by atoms with E-state index in [2.05, 4.69) is 49.6 Å². The maximum absolute atomic E-state index is 11.3. The van der Waals surface area contributed by atoms with Crippen LogP contribution in [0.3, 0.4) is 0 Å². The van der Waals surface area contributed by atoms with Gasteiger partial charge in [0.1, 0.15) is 0 Å². The topological polar surface area (TPSA) is 22.0 Å². The highest BCUT2D eigenvalue weighted by atomic mass is 16.1. The first-order valence-electron chi connectivity index (χ1n) is 6.33. The SMILES string of the molecule is CCc1c(C=O)c(C)n(-c2cccc(C)c2)c1C. The van der Waals surface area contributed by atoms with Gasteiger partial charge < -0.3 is 4.57 Å². The van der Waals surface area contributed by atoms with E-state index in [4.69, 9.17) is 0 Å². The van der Waals surface area contributed by atoms with Crippen molar-refractivity contribution in [2.75, 3.05) is 0 Å². The molecule has 1 aromatic heterocycles. The molecular weight excluding hydrogens is 222 g/mol. The number of hydrogen-bond acceptors (Lipinski definition) is 1. The molecule has 0 spiro atoms. The van der Waals surface area contributed by atoms with Gasteiger partial charge in [0.05, 0.1) is 0 Å². The van der Waals surface area contributed by atoms with Crippen LogP contribution >= 0.6 is 0 Å². The third kappa shape index (κ3) is 1.88. The van der Waals surface area contributed by atoms with Crippen molar-refractivity contribution in [3.05, 3.63) is 52.3 Å². The van der Waals surface area contributed by atoms with Crippen LogP contribution in [0.5, 0.6) is 0 Å². The number of aryl methyl sites for hydroxylation is 1. The molecule has 2 nitrogen and oxygen atoms in total. The summed E-state index contributed by atoms with van der Waals surface area (Å²) in [6, 6.07) is 8.36. The zero-order valence-electron chi connectivity index (χ0n) is 11.4. The molecule has 0 aliphatic heterocycles. The largest absolute Gasteiger partial charge is 0.317 e. The van der Waals surface area contributed by atoms with Crippen molar-refractivity contribution < 1.29 is 4.79 Å². The van der Waals surface area contributed by atoms with Crippen LogP contribution in [-0.4, -0.2) is 10.9 Å². The molecule has 0 saturated heterocycles. The first-order valence-corrected chi connectivity index (χ1v) is 6.33. The van der Waals surface area contributed by atoms with Crippen LogP contribution in [0.15, 0.2) is 24.3 Å². The van der Waals surface area contributed by atoms with Crippen LogP contribution < -0.4 is 0 Å². The van der Waals surface area contributed by atoms with Gasteiger partial charge in [-0.05, 0) is 50.5 Å². The van der Waals surface area contributed by atoms with E-state index in [-0.39, 0.29) is 0 Å². The Bertz CT molecular complexity index is 593. The Kier molecular flexibility index (Phi) is 3.37. The highest BCUT2D eigenvalue weighted by Crippen LogP contribution is 2.25. The molecule has 0 unspecified atom stereocenters. The molecule has 2 aromatic rings. The number of nitrogens with zero attached hydrogens (tertiary/aromatic N) is 1. The smallest absolute Gasteiger partial charge is 0.152 e. The molecule has 94 valence electrons. The summed E-state index contributed by atoms with van der Waals surface area (Å²) in [5.41, 5.74) is 6.56. The van der Waals surface area contributed by atoms with Crippen molar-refractivity contribution in [3.63, 3.8) is 0 Å². The molecule has 0 bridgehead atoms. The van der Waals surface area contributed by atoms with Gasteiger partial charge in [0.25, 0.3) is 0 Å². The summed E-state index contributed by atoms with van der Waals surface area (Å²) in [7, 11) is 0. The summed E-state index contributed by atoms with van der Waals surface area (Å²) in [6.07, 6.45) is 1.87. The number of aromatic nitrogens is 1. The summed E-state index contributed by atoms with van der Waals surface area (Å²) in [4.78, 5) is 11.3. The van der Waals surface area contributed by atoms with Gasteiger partial charge in [0.15, 0.2) is 6.29 Å². The Morgan fingerprint density at radius 1 is 1.17 bits per heavy atom. The molecule has 0 aliphatic carbocycles. The van der Waals surface area contributed by atoms with Gasteiger partial charge in [-0.15, -0.1) is 0 Å². The van der Waals surface area contributed by atoms with E-state index >= 15 is 0 Å². The van der Waals surface area contributed by atoms with E-state index in [0.717, 1.165) is 35.2 Å². The highest BCUT2D eigenvalue weighted by Gasteiger charge is 2.16. The minimum absolute atomic E-state index is 0.844. The monoisotopic (exact) mass is 241 g/mol. The van der Waals surface area contributed by atoms with Gasteiger partial charge in [0, 0.05) is 22.6 Å². The summed E-state index contributed by atoms with van der Waals surface area (Å²) < 4.78 is 2.18. The van der Waals surface area contributed by atoms with Crippen LogP contribution in [0.4, 0.5) is 0 Å². The Labute approximate surface area is 108 Å². The second kappa shape index (κ2) is 4.81. The summed E-state index contributed by atoms with van der Waals surface area (Å²) in [5, 5.41) is 0. The molecule has 0 atom stereocenters. The number of aldehydes is 1. The van der Waals surface area contributed by atoms with Crippen LogP contribution in [0.25, 0.3) is 5.69 Å². The lowest BCUT2D eigenvalue weighted by atomic mass is 10.1. The molecule has 1 aromatic carbocycles. The minimum Gasteiger partial charge on any atom is -0.317 e. The van der Waals surface area contributed by atoms with Crippen molar-refractivity contribution in [2.24, 2.45) is 0 Å². The summed E-state index contributed by atoms with van der Waals surface area (Å²) >= 11 is 0. The fraction of sp³-hybridized carbons (Fsp3) is 0.312. The van der Waals surface area contributed by atoms with Crippen molar-refractivity contribution in [1.29, 1.82) is 0 Å². The van der Waals surface area contributed by atoms with Gasteiger partial charge in [-0.2, -0.15) is 0 Å². The second-order valence-electron chi connectivity index (χ2n) is 4.71. The molecule has 2 heteroatoms. The number of hydrogen-bond donors (Lipinski definition) is 0. The van der Waals surface area contributed by atoms with Crippen molar-refractivity contribution in [2.45, 2.75) is 34.1 Å². The maximum atomic E-state index is 11.3. The molecule has 18 heavy (non-hydrogen) atoms. The Morgan fingerprint density at radius 3 is 2.39 bits per heavy atom. The fourth-order valence-corrected chi connectivity index (χ4v) is 2.68. The number of carbonyl (C=O) groups excluding carboxylic acids is 1. The van der Waals surface area contributed by atoms with Crippen molar-refractivity contribution >= 4 is 6.29 Å². The molecule has 1 heterocycles. The Morgan fingerprint density at radius 2 is 1.89 bits per heavy atom. The average Bonchev–Trinajstić information content (AvgIpc) is 2.59. The minimum atomic E-state index is 0.844. The lowest BCUT2D eigenvalue weighted by molar-refractivity contribution is 0.112. The van der Waals surface area contributed by atoms with E-state index in [1.54, 1.807) is 0 Å². The van der Waals surface area contributed by atoms with Gasteiger partial charge in [-0.1, -0.05) is 19.1 Å². The first-order chi connectivity index (χ1) is 8.60. The van der Waals surface area contributed by atoms with Gasteiger partial charge in [-0.3, -0.25) is 4.79 Å². The molecular formula is C16H19NO. The quantitative estimate of drug-likeness (QED) is 0.750. The normalized spacial score (nSPS) is 10.7. The standard InChI is InChI=1S/C16H19NO/c1-5-15-12(3)17(13(4)16(15)10-18)14-8-6-7-11(2)9-14/h6-10H,5H2,1-4H3. The van der Waals surface area contributed by atoms with Gasteiger partial charge in [-0.25, -0.2) is 0 Å².